The van der Waals surface area contributed by atoms with Gasteiger partial charge in [-0.25, -0.2) is 9.87 Å². The van der Waals surface area contributed by atoms with Gasteiger partial charge in [-0.15, -0.1) is 0 Å². The highest BCUT2D eigenvalue weighted by atomic mass is 19.4. The Bertz CT molecular complexity index is 669. The van der Waals surface area contributed by atoms with Crippen LogP contribution in [0.3, 0.4) is 0 Å². The molecular formula is C11H7F4N3O3. The molecule has 1 heterocycles. The van der Waals surface area contributed by atoms with Crippen LogP contribution in [-0.4, -0.2) is 23.2 Å². The van der Waals surface area contributed by atoms with Gasteiger partial charge in [-0.3, -0.25) is 9.63 Å². The highest BCUT2D eigenvalue weighted by molar-refractivity contribution is 5.94. The second kappa shape index (κ2) is 5.48. The summed E-state index contributed by atoms with van der Waals surface area (Å²) in [6.07, 6.45) is -4.79. The number of carbonyl (C=O) groups is 1. The number of carbonyl (C=O) groups excluding carboxylic acids is 1. The van der Waals surface area contributed by atoms with Gasteiger partial charge >= 0.3 is 12.1 Å². The van der Waals surface area contributed by atoms with Gasteiger partial charge in [0.05, 0.1) is 12.7 Å². The highest BCUT2D eigenvalue weighted by Gasteiger charge is 2.38. The van der Waals surface area contributed by atoms with Crippen molar-refractivity contribution >= 4 is 5.91 Å². The minimum Gasteiger partial charge on any atom is -0.329 e. The normalized spacial score (nSPS) is 11.5. The van der Waals surface area contributed by atoms with Gasteiger partial charge in [-0.05, 0) is 12.1 Å². The molecule has 0 spiro atoms. The topological polar surface area (TPSA) is 77.2 Å². The summed E-state index contributed by atoms with van der Waals surface area (Å²) >= 11 is 0. The summed E-state index contributed by atoms with van der Waals surface area (Å²) in [4.78, 5) is 18.8. The molecule has 0 atom stereocenters. The van der Waals surface area contributed by atoms with E-state index in [-0.39, 0.29) is 11.1 Å². The van der Waals surface area contributed by atoms with Gasteiger partial charge in [0.1, 0.15) is 5.82 Å². The summed E-state index contributed by atoms with van der Waals surface area (Å²) in [5.74, 6) is -3.80. The first kappa shape index (κ1) is 14.9. The van der Waals surface area contributed by atoms with Crippen LogP contribution >= 0.6 is 0 Å². The zero-order chi connectivity index (χ0) is 15.6. The van der Waals surface area contributed by atoms with E-state index < -0.39 is 29.6 Å². The summed E-state index contributed by atoms with van der Waals surface area (Å²) in [5.41, 5.74) is 1.49. The average molecular weight is 305 g/mol. The van der Waals surface area contributed by atoms with Crippen molar-refractivity contribution in [3.05, 3.63) is 35.5 Å². The Hall–Kier alpha value is -2.49. The molecule has 0 saturated heterocycles. The van der Waals surface area contributed by atoms with Gasteiger partial charge in [0.15, 0.2) is 0 Å². The van der Waals surface area contributed by atoms with Crippen molar-refractivity contribution in [3.63, 3.8) is 0 Å². The fraction of sp³-hybridized carbons (Fsp3) is 0.182. The SMILES string of the molecule is CONC(=O)c1ccc(-c2noc(C(F)(F)F)n2)cc1F. The number of benzene rings is 1. The van der Waals surface area contributed by atoms with Crippen LogP contribution in [-0.2, 0) is 11.0 Å². The number of hydrogen-bond acceptors (Lipinski definition) is 5. The molecule has 0 radical (unpaired) electrons. The van der Waals surface area contributed by atoms with Crippen molar-refractivity contribution in [2.24, 2.45) is 0 Å². The molecule has 2 rings (SSSR count). The second-order valence-corrected chi connectivity index (χ2v) is 3.75. The molecule has 0 aliphatic heterocycles. The van der Waals surface area contributed by atoms with Crippen molar-refractivity contribution in [2.45, 2.75) is 6.18 Å². The van der Waals surface area contributed by atoms with Gasteiger partial charge in [-0.2, -0.15) is 18.2 Å². The zero-order valence-electron chi connectivity index (χ0n) is 10.4. The lowest BCUT2D eigenvalue weighted by Gasteiger charge is -2.04. The lowest BCUT2D eigenvalue weighted by atomic mass is 10.1. The molecule has 6 nitrogen and oxygen atoms in total. The molecule has 1 N–H and O–H groups in total. The molecule has 10 heteroatoms. The Morgan fingerprint density at radius 1 is 1.38 bits per heavy atom. The number of hydroxylamine groups is 1. The summed E-state index contributed by atoms with van der Waals surface area (Å²) in [6, 6.07) is 3.05. The van der Waals surface area contributed by atoms with Gasteiger partial charge in [-0.1, -0.05) is 11.2 Å². The monoisotopic (exact) mass is 305 g/mol. The van der Waals surface area contributed by atoms with Crippen molar-refractivity contribution in [1.82, 2.24) is 15.6 Å². The van der Waals surface area contributed by atoms with Crippen molar-refractivity contribution in [3.8, 4) is 11.4 Å². The van der Waals surface area contributed by atoms with E-state index in [2.05, 4.69) is 19.5 Å². The van der Waals surface area contributed by atoms with Gasteiger partial charge < -0.3 is 4.52 Å². The number of nitrogens with one attached hydrogen (secondary N) is 1. The molecule has 21 heavy (non-hydrogen) atoms. The van der Waals surface area contributed by atoms with E-state index in [1.54, 1.807) is 0 Å². The van der Waals surface area contributed by atoms with E-state index in [0.29, 0.717) is 0 Å². The van der Waals surface area contributed by atoms with Gasteiger partial charge in [0.2, 0.25) is 5.82 Å². The van der Waals surface area contributed by atoms with E-state index in [4.69, 9.17) is 0 Å². The van der Waals surface area contributed by atoms with Crippen LogP contribution in [0.5, 0.6) is 0 Å². The van der Waals surface area contributed by atoms with E-state index in [1.807, 2.05) is 5.48 Å². The number of amides is 1. The molecular weight excluding hydrogens is 298 g/mol. The predicted molar refractivity (Wildman–Crippen MR) is 59.2 cm³/mol. The van der Waals surface area contributed by atoms with Crippen LogP contribution in [0.4, 0.5) is 17.6 Å². The molecule has 2 aromatic rings. The van der Waals surface area contributed by atoms with Gasteiger partial charge in [0, 0.05) is 5.56 Å². The first-order valence-corrected chi connectivity index (χ1v) is 5.37. The summed E-state index contributed by atoms with van der Waals surface area (Å²) in [5, 5.41) is 3.11. The third-order valence-electron chi connectivity index (χ3n) is 2.34. The Morgan fingerprint density at radius 3 is 2.62 bits per heavy atom. The highest BCUT2D eigenvalue weighted by Crippen LogP contribution is 2.29. The van der Waals surface area contributed by atoms with Crippen molar-refractivity contribution in [1.29, 1.82) is 0 Å². The standard InChI is InChI=1S/C11H7F4N3O3/c1-20-18-9(19)6-3-2-5(4-7(6)12)8-16-10(21-17-8)11(13,14)15/h2-4H,1H3,(H,18,19). The summed E-state index contributed by atoms with van der Waals surface area (Å²) in [6.45, 7) is 0. The summed E-state index contributed by atoms with van der Waals surface area (Å²) in [7, 11) is 1.17. The van der Waals surface area contributed by atoms with Gasteiger partial charge in [0.25, 0.3) is 5.91 Å². The van der Waals surface area contributed by atoms with E-state index in [1.165, 1.54) is 13.2 Å². The lowest BCUT2D eigenvalue weighted by Crippen LogP contribution is -2.22. The third kappa shape index (κ3) is 3.16. The first-order valence-electron chi connectivity index (χ1n) is 5.37. The maximum atomic E-state index is 13.7. The molecule has 0 saturated carbocycles. The number of aromatic nitrogens is 2. The largest absolute Gasteiger partial charge is 0.471 e. The number of halogens is 4. The van der Waals surface area contributed by atoms with Crippen LogP contribution in [0.1, 0.15) is 16.2 Å². The molecule has 0 aliphatic carbocycles. The van der Waals surface area contributed by atoms with E-state index in [9.17, 15) is 22.4 Å². The van der Waals surface area contributed by atoms with Crippen LogP contribution in [0, 0.1) is 5.82 Å². The summed E-state index contributed by atoms with van der Waals surface area (Å²) < 4.78 is 54.7. The van der Waals surface area contributed by atoms with Crippen LogP contribution in [0.25, 0.3) is 11.4 Å². The van der Waals surface area contributed by atoms with Crippen LogP contribution < -0.4 is 5.48 Å². The minimum absolute atomic E-state index is 0.0688. The number of hydrogen-bond donors (Lipinski definition) is 1. The second-order valence-electron chi connectivity index (χ2n) is 3.75. The molecule has 1 amide bonds. The predicted octanol–water partition coefficient (Wildman–Crippen LogP) is 2.19. The Balaban J connectivity index is 2.32. The maximum Gasteiger partial charge on any atom is 0.471 e. The molecule has 0 unspecified atom stereocenters. The number of rotatable bonds is 3. The molecule has 1 aromatic heterocycles. The molecule has 0 fully saturated rings. The maximum absolute atomic E-state index is 13.7. The van der Waals surface area contributed by atoms with Crippen molar-refractivity contribution in [2.75, 3.05) is 7.11 Å². The fourth-order valence-corrected chi connectivity index (χ4v) is 1.44. The zero-order valence-corrected chi connectivity index (χ0v) is 10.4. The average Bonchev–Trinajstić information content (AvgIpc) is 2.88. The van der Waals surface area contributed by atoms with E-state index in [0.717, 1.165) is 12.1 Å². The molecule has 1 aromatic carbocycles. The quantitative estimate of drug-likeness (QED) is 0.695. The molecule has 0 aliphatic rings. The van der Waals surface area contributed by atoms with E-state index >= 15 is 0 Å². The Labute approximate surface area is 114 Å². The number of nitrogens with zero attached hydrogens (tertiary/aromatic N) is 2. The third-order valence-corrected chi connectivity index (χ3v) is 2.34. The van der Waals surface area contributed by atoms with Crippen LogP contribution in [0.15, 0.2) is 22.7 Å². The van der Waals surface area contributed by atoms with Crippen LogP contribution in [0.2, 0.25) is 0 Å². The number of alkyl halides is 3. The first-order chi connectivity index (χ1) is 9.82. The minimum atomic E-state index is -4.79. The lowest BCUT2D eigenvalue weighted by molar-refractivity contribution is -0.159. The smallest absolute Gasteiger partial charge is 0.329 e. The Morgan fingerprint density at radius 2 is 2.10 bits per heavy atom. The molecule has 0 bridgehead atoms. The molecule has 112 valence electrons. The fourth-order valence-electron chi connectivity index (χ4n) is 1.44. The Kier molecular flexibility index (Phi) is 3.89. The van der Waals surface area contributed by atoms with Crippen molar-refractivity contribution < 1.29 is 31.7 Å².